The number of halogens is 1. The zero-order valence-electron chi connectivity index (χ0n) is 5.72. The van der Waals surface area contributed by atoms with Crippen molar-refractivity contribution in [2.75, 3.05) is 13.2 Å². The molecule has 1 fully saturated rings. The van der Waals surface area contributed by atoms with Gasteiger partial charge in [0.25, 0.3) is 0 Å². The maximum absolute atomic E-state index is 12.8. The molecule has 0 radical (unpaired) electrons. The van der Waals surface area contributed by atoms with Gasteiger partial charge in [0.15, 0.2) is 0 Å². The Morgan fingerprint density at radius 3 is 3.10 bits per heavy atom. The average molecular weight is 143 g/mol. The van der Waals surface area contributed by atoms with Crippen LogP contribution < -0.4 is 0 Å². The number of alkyl halides is 1. The summed E-state index contributed by atoms with van der Waals surface area (Å²) in [5.74, 6) is -0.182. The Morgan fingerprint density at radius 1 is 1.70 bits per heavy atom. The van der Waals surface area contributed by atoms with Crippen molar-refractivity contribution < 1.29 is 9.13 Å². The molecule has 0 spiro atoms. The first kappa shape index (κ1) is 7.49. The summed E-state index contributed by atoms with van der Waals surface area (Å²) < 4.78 is 17.8. The summed E-state index contributed by atoms with van der Waals surface area (Å²) in [6.45, 7) is 0.915. The van der Waals surface area contributed by atoms with Gasteiger partial charge in [-0.1, -0.05) is 0 Å². The van der Waals surface area contributed by atoms with Crippen molar-refractivity contribution in [2.45, 2.75) is 19.0 Å². The minimum absolute atomic E-state index is 0.182. The third kappa shape index (κ3) is 1.68. The summed E-state index contributed by atoms with van der Waals surface area (Å²) in [6.07, 6.45) is -0.0959. The molecule has 0 saturated carbocycles. The predicted octanol–water partition coefficient (Wildman–Crippen LogP) is 1.27. The fourth-order valence-electron chi connectivity index (χ4n) is 1.07. The van der Waals surface area contributed by atoms with E-state index in [0.29, 0.717) is 19.6 Å². The number of ether oxygens (including phenoxy) is 1. The van der Waals surface area contributed by atoms with Gasteiger partial charge in [0.05, 0.1) is 12.7 Å². The van der Waals surface area contributed by atoms with Gasteiger partial charge >= 0.3 is 0 Å². The Hall–Kier alpha value is -0.620. The molecule has 2 nitrogen and oxygen atoms in total. The van der Waals surface area contributed by atoms with Gasteiger partial charge in [-0.05, 0) is 0 Å². The second-order valence-electron chi connectivity index (χ2n) is 2.50. The van der Waals surface area contributed by atoms with Gasteiger partial charge in [-0.15, -0.1) is 0 Å². The molecule has 0 unspecified atom stereocenters. The van der Waals surface area contributed by atoms with Crippen LogP contribution in [0.15, 0.2) is 0 Å². The van der Waals surface area contributed by atoms with Crippen LogP contribution in [0.5, 0.6) is 0 Å². The fraction of sp³-hybridized carbons (Fsp3) is 0.857. The topological polar surface area (TPSA) is 33.0 Å². The van der Waals surface area contributed by atoms with Gasteiger partial charge in [-0.25, -0.2) is 4.39 Å². The molecule has 0 bridgehead atoms. The van der Waals surface area contributed by atoms with Gasteiger partial charge < -0.3 is 4.74 Å². The lowest BCUT2D eigenvalue weighted by molar-refractivity contribution is 0.00382. The van der Waals surface area contributed by atoms with Gasteiger partial charge in [-0.2, -0.15) is 5.26 Å². The molecule has 1 aliphatic heterocycles. The normalized spacial score (nSPS) is 33.2. The van der Waals surface area contributed by atoms with Crippen molar-refractivity contribution in [3.8, 4) is 6.07 Å². The number of hydrogen-bond acceptors (Lipinski definition) is 2. The zero-order valence-corrected chi connectivity index (χ0v) is 5.72. The minimum atomic E-state index is -0.826. The first-order valence-electron chi connectivity index (χ1n) is 3.43. The van der Waals surface area contributed by atoms with Crippen LogP contribution in [0.25, 0.3) is 0 Å². The van der Waals surface area contributed by atoms with E-state index in [4.69, 9.17) is 10.00 Å². The summed E-state index contributed by atoms with van der Waals surface area (Å²) in [4.78, 5) is 0. The standard InChI is InChI=1S/C7H10FNO/c8-7-2-4-10-5-6(7)1-3-9/h6-7H,1-2,4-5H2/t6-,7+/m0/s1. The summed E-state index contributed by atoms with van der Waals surface area (Å²) in [5, 5.41) is 8.26. The predicted molar refractivity (Wildman–Crippen MR) is 34.1 cm³/mol. The maximum Gasteiger partial charge on any atom is 0.108 e. The van der Waals surface area contributed by atoms with Crippen molar-refractivity contribution in [1.29, 1.82) is 5.26 Å². The third-order valence-corrected chi connectivity index (χ3v) is 1.73. The summed E-state index contributed by atoms with van der Waals surface area (Å²) in [6, 6.07) is 1.95. The number of hydrogen-bond donors (Lipinski definition) is 0. The average Bonchev–Trinajstić information content (AvgIpc) is 1.94. The first-order chi connectivity index (χ1) is 4.84. The molecule has 1 heterocycles. The van der Waals surface area contributed by atoms with Crippen LogP contribution in [-0.2, 0) is 4.74 Å². The molecule has 1 saturated heterocycles. The molecule has 56 valence electrons. The van der Waals surface area contributed by atoms with Crippen LogP contribution in [0.3, 0.4) is 0 Å². The van der Waals surface area contributed by atoms with Crippen LogP contribution in [0.2, 0.25) is 0 Å². The summed E-state index contributed by atoms with van der Waals surface area (Å²) in [7, 11) is 0. The van der Waals surface area contributed by atoms with E-state index in [1.54, 1.807) is 0 Å². The monoisotopic (exact) mass is 143 g/mol. The highest BCUT2D eigenvalue weighted by Crippen LogP contribution is 2.20. The molecule has 0 aromatic rings. The van der Waals surface area contributed by atoms with Crippen LogP contribution in [0.1, 0.15) is 12.8 Å². The number of nitrogens with zero attached hydrogens (tertiary/aromatic N) is 1. The third-order valence-electron chi connectivity index (χ3n) is 1.73. The van der Waals surface area contributed by atoms with Crippen LogP contribution in [0, 0.1) is 17.2 Å². The molecule has 3 heteroatoms. The Morgan fingerprint density at radius 2 is 2.50 bits per heavy atom. The molecule has 0 N–H and O–H groups in total. The van der Waals surface area contributed by atoms with Gasteiger partial charge in [-0.3, -0.25) is 0 Å². The Labute approximate surface area is 59.6 Å². The smallest absolute Gasteiger partial charge is 0.108 e. The van der Waals surface area contributed by atoms with Crippen molar-refractivity contribution in [1.82, 2.24) is 0 Å². The maximum atomic E-state index is 12.8. The fourth-order valence-corrected chi connectivity index (χ4v) is 1.07. The SMILES string of the molecule is N#CC[C@H]1COCC[C@H]1F. The molecular formula is C7H10FNO. The van der Waals surface area contributed by atoms with E-state index in [2.05, 4.69) is 0 Å². The van der Waals surface area contributed by atoms with E-state index in [-0.39, 0.29) is 12.3 Å². The molecular weight excluding hydrogens is 133 g/mol. The van der Waals surface area contributed by atoms with Crippen LogP contribution in [0.4, 0.5) is 4.39 Å². The lowest BCUT2D eigenvalue weighted by atomic mass is 9.97. The molecule has 2 atom stereocenters. The Balaban J connectivity index is 2.34. The highest BCUT2D eigenvalue weighted by Gasteiger charge is 2.24. The van der Waals surface area contributed by atoms with Gasteiger partial charge in [0.1, 0.15) is 6.17 Å². The van der Waals surface area contributed by atoms with Crippen molar-refractivity contribution in [3.05, 3.63) is 0 Å². The number of rotatable bonds is 1. The second-order valence-corrected chi connectivity index (χ2v) is 2.50. The Bertz CT molecular complexity index is 143. The second kappa shape index (κ2) is 3.52. The quantitative estimate of drug-likeness (QED) is 0.553. The van der Waals surface area contributed by atoms with E-state index in [9.17, 15) is 4.39 Å². The highest BCUT2D eigenvalue weighted by molar-refractivity contribution is 4.82. The van der Waals surface area contributed by atoms with E-state index in [1.807, 2.05) is 6.07 Å². The van der Waals surface area contributed by atoms with Gasteiger partial charge in [0, 0.05) is 25.4 Å². The largest absolute Gasteiger partial charge is 0.381 e. The van der Waals surface area contributed by atoms with Crippen LogP contribution >= 0.6 is 0 Å². The van der Waals surface area contributed by atoms with E-state index in [1.165, 1.54) is 0 Å². The molecule has 10 heavy (non-hydrogen) atoms. The molecule has 1 rings (SSSR count). The number of nitriles is 1. The highest BCUT2D eigenvalue weighted by atomic mass is 19.1. The van der Waals surface area contributed by atoms with Gasteiger partial charge in [0.2, 0.25) is 0 Å². The summed E-state index contributed by atoms with van der Waals surface area (Å²) >= 11 is 0. The van der Waals surface area contributed by atoms with Crippen LogP contribution in [-0.4, -0.2) is 19.4 Å². The van der Waals surface area contributed by atoms with Crippen molar-refractivity contribution in [3.63, 3.8) is 0 Å². The van der Waals surface area contributed by atoms with E-state index < -0.39 is 6.17 Å². The molecule has 0 aliphatic carbocycles. The van der Waals surface area contributed by atoms with E-state index >= 15 is 0 Å². The molecule has 0 amide bonds. The lowest BCUT2D eigenvalue weighted by Gasteiger charge is -2.23. The minimum Gasteiger partial charge on any atom is -0.381 e. The first-order valence-corrected chi connectivity index (χ1v) is 3.43. The van der Waals surface area contributed by atoms with Crippen molar-refractivity contribution >= 4 is 0 Å². The Kier molecular flexibility index (Phi) is 2.64. The lowest BCUT2D eigenvalue weighted by Crippen LogP contribution is -2.28. The zero-order chi connectivity index (χ0) is 7.40. The van der Waals surface area contributed by atoms with E-state index in [0.717, 1.165) is 0 Å². The summed E-state index contributed by atoms with van der Waals surface area (Å²) in [5.41, 5.74) is 0. The van der Waals surface area contributed by atoms with Crippen molar-refractivity contribution in [2.24, 2.45) is 5.92 Å². The molecule has 1 aliphatic rings. The molecule has 0 aromatic heterocycles. The molecule has 0 aromatic carbocycles.